The van der Waals surface area contributed by atoms with Crippen molar-refractivity contribution in [2.24, 2.45) is 0 Å². The van der Waals surface area contributed by atoms with Gasteiger partial charge in [0.05, 0.1) is 18.9 Å². The van der Waals surface area contributed by atoms with Crippen LogP contribution in [0.5, 0.6) is 11.5 Å². The summed E-state index contributed by atoms with van der Waals surface area (Å²) in [5.74, 6) is 0.782. The molecule has 10 nitrogen and oxygen atoms in total. The lowest BCUT2D eigenvalue weighted by Crippen LogP contribution is -2.53. The van der Waals surface area contributed by atoms with Crippen molar-refractivity contribution in [1.82, 2.24) is 10.0 Å². The molecule has 0 heterocycles. The summed E-state index contributed by atoms with van der Waals surface area (Å²) in [6, 6.07) is 20.1. The van der Waals surface area contributed by atoms with Crippen LogP contribution in [0.1, 0.15) is 19.4 Å². The highest BCUT2D eigenvalue weighted by Crippen LogP contribution is 2.20. The number of ether oxygens (including phenoxy) is 2. The van der Waals surface area contributed by atoms with Gasteiger partial charge in [-0.3, -0.25) is 9.52 Å². The monoisotopic (exact) mass is 540 g/mol. The fourth-order valence-corrected chi connectivity index (χ4v) is 4.38. The highest BCUT2D eigenvalue weighted by atomic mass is 32.2. The molecular formula is C27H32N4O6S. The van der Waals surface area contributed by atoms with Gasteiger partial charge >= 0.3 is 16.2 Å². The summed E-state index contributed by atoms with van der Waals surface area (Å²) in [7, 11) is -1.17. The maximum atomic E-state index is 13.4. The van der Waals surface area contributed by atoms with Crippen molar-refractivity contribution in [3.63, 3.8) is 0 Å². The lowest BCUT2D eigenvalue weighted by molar-refractivity contribution is -0.120. The van der Waals surface area contributed by atoms with Gasteiger partial charge in [-0.2, -0.15) is 8.42 Å². The number of likely N-dealkylation sites (N-methyl/N-ethyl adjacent to an activating group) is 1. The molecule has 0 aliphatic heterocycles. The van der Waals surface area contributed by atoms with Crippen LogP contribution in [0.15, 0.2) is 78.9 Å². The number of methoxy groups -OCH3 is 1. The molecule has 3 rings (SSSR count). The molecule has 0 bridgehead atoms. The minimum absolute atomic E-state index is 0.0294. The smallest absolute Gasteiger partial charge is 0.330 e. The Bertz CT molecular complexity index is 1310. The van der Waals surface area contributed by atoms with Gasteiger partial charge in [0, 0.05) is 19.2 Å². The van der Waals surface area contributed by atoms with Gasteiger partial charge in [0.25, 0.3) is 0 Å². The van der Waals surface area contributed by atoms with E-state index in [9.17, 15) is 18.0 Å². The molecule has 0 aliphatic rings. The molecule has 38 heavy (non-hydrogen) atoms. The molecule has 0 aliphatic carbocycles. The molecule has 0 radical (unpaired) electrons. The normalized spacial score (nSPS) is 11.8. The Balaban J connectivity index is 1.71. The molecular weight excluding hydrogens is 508 g/mol. The minimum atomic E-state index is -4.29. The third kappa shape index (κ3) is 8.41. The Labute approximate surface area is 223 Å². The van der Waals surface area contributed by atoms with E-state index in [0.29, 0.717) is 17.2 Å². The third-order valence-corrected chi connectivity index (χ3v) is 6.34. The third-order valence-electron chi connectivity index (χ3n) is 5.38. The SMILES string of the molecule is COc1ccc(N(C)C(=O)C(Cc2ccccc2)NC(=O)NS(=O)(=O)Nc2ccc(OC(C)C)cc2)cc1. The summed E-state index contributed by atoms with van der Waals surface area (Å²) in [5, 5.41) is 2.51. The average Bonchev–Trinajstić information content (AvgIpc) is 2.88. The topological polar surface area (TPSA) is 126 Å². The van der Waals surface area contributed by atoms with E-state index >= 15 is 0 Å². The van der Waals surface area contributed by atoms with Crippen LogP contribution >= 0.6 is 0 Å². The molecule has 0 saturated carbocycles. The molecule has 3 N–H and O–H groups in total. The highest BCUT2D eigenvalue weighted by molar-refractivity contribution is 7.91. The zero-order valence-corrected chi connectivity index (χ0v) is 22.5. The van der Waals surface area contributed by atoms with Crippen molar-refractivity contribution in [2.75, 3.05) is 23.8 Å². The fourth-order valence-electron chi connectivity index (χ4n) is 3.58. The maximum Gasteiger partial charge on any atom is 0.330 e. The van der Waals surface area contributed by atoms with Crippen molar-refractivity contribution in [1.29, 1.82) is 0 Å². The molecule has 202 valence electrons. The number of benzene rings is 3. The van der Waals surface area contributed by atoms with Crippen molar-refractivity contribution >= 4 is 33.5 Å². The molecule has 1 atom stereocenters. The molecule has 3 aromatic carbocycles. The number of hydrogen-bond donors (Lipinski definition) is 3. The molecule has 3 aromatic rings. The minimum Gasteiger partial charge on any atom is -0.497 e. The number of carbonyl (C=O) groups excluding carboxylic acids is 2. The summed E-state index contributed by atoms with van der Waals surface area (Å²) < 4.78 is 40.0. The number of urea groups is 1. The number of nitrogens with zero attached hydrogens (tertiary/aromatic N) is 1. The summed E-state index contributed by atoms with van der Waals surface area (Å²) in [4.78, 5) is 27.5. The second-order valence-electron chi connectivity index (χ2n) is 8.71. The molecule has 0 aromatic heterocycles. The van der Waals surface area contributed by atoms with Gasteiger partial charge < -0.3 is 19.7 Å². The number of amides is 3. The van der Waals surface area contributed by atoms with Crippen molar-refractivity contribution in [3.05, 3.63) is 84.4 Å². The van der Waals surface area contributed by atoms with Gasteiger partial charge in [0.1, 0.15) is 17.5 Å². The van der Waals surface area contributed by atoms with Crippen LogP contribution < -0.4 is 29.1 Å². The van der Waals surface area contributed by atoms with Crippen molar-refractivity contribution in [3.8, 4) is 11.5 Å². The lowest BCUT2D eigenvalue weighted by atomic mass is 10.0. The van der Waals surface area contributed by atoms with Crippen LogP contribution in [0.25, 0.3) is 0 Å². The van der Waals surface area contributed by atoms with E-state index in [1.807, 2.05) is 48.9 Å². The molecule has 0 fully saturated rings. The summed E-state index contributed by atoms with van der Waals surface area (Å²) in [6.45, 7) is 3.76. The molecule has 0 spiro atoms. The number of hydrogen-bond acceptors (Lipinski definition) is 6. The van der Waals surface area contributed by atoms with Crippen LogP contribution in [-0.2, 0) is 21.4 Å². The van der Waals surface area contributed by atoms with Crippen LogP contribution in [0.2, 0.25) is 0 Å². The van der Waals surface area contributed by atoms with Crippen LogP contribution in [0, 0.1) is 0 Å². The zero-order chi connectivity index (χ0) is 27.7. The molecule has 11 heteroatoms. The van der Waals surface area contributed by atoms with Crippen LogP contribution in [0.4, 0.5) is 16.2 Å². The van der Waals surface area contributed by atoms with Gasteiger partial charge in [0.2, 0.25) is 5.91 Å². The molecule has 1 unspecified atom stereocenters. The molecule has 0 saturated heterocycles. The van der Waals surface area contributed by atoms with Crippen LogP contribution in [-0.4, -0.2) is 46.7 Å². The number of carbonyl (C=O) groups is 2. The Morgan fingerprint density at radius 3 is 2.08 bits per heavy atom. The quantitative estimate of drug-likeness (QED) is 0.340. The number of anilines is 2. The first kappa shape index (κ1) is 28.3. The van der Waals surface area contributed by atoms with Gasteiger partial charge in [-0.15, -0.1) is 0 Å². The van der Waals surface area contributed by atoms with Gasteiger partial charge in [-0.05, 0) is 67.9 Å². The highest BCUT2D eigenvalue weighted by Gasteiger charge is 2.27. The lowest BCUT2D eigenvalue weighted by Gasteiger charge is -2.25. The Kier molecular flexibility index (Phi) is 9.55. The summed E-state index contributed by atoms with van der Waals surface area (Å²) in [5.41, 5.74) is 1.60. The van der Waals surface area contributed by atoms with E-state index in [4.69, 9.17) is 9.47 Å². The van der Waals surface area contributed by atoms with E-state index in [-0.39, 0.29) is 18.2 Å². The second-order valence-corrected chi connectivity index (χ2v) is 10.1. The first-order valence-electron chi connectivity index (χ1n) is 11.9. The average molecular weight is 541 g/mol. The van der Waals surface area contributed by atoms with E-state index in [2.05, 4.69) is 10.0 Å². The molecule has 3 amide bonds. The number of nitrogens with one attached hydrogen (secondary N) is 3. The van der Waals surface area contributed by atoms with Crippen molar-refractivity contribution < 1.29 is 27.5 Å². The van der Waals surface area contributed by atoms with Gasteiger partial charge in [0.15, 0.2) is 0 Å². The Hall–Kier alpha value is -4.25. The van der Waals surface area contributed by atoms with Gasteiger partial charge in [-0.1, -0.05) is 30.3 Å². The summed E-state index contributed by atoms with van der Waals surface area (Å²) in [6.07, 6.45) is 0.122. The van der Waals surface area contributed by atoms with E-state index in [1.54, 1.807) is 50.6 Å². The predicted molar refractivity (Wildman–Crippen MR) is 147 cm³/mol. The van der Waals surface area contributed by atoms with E-state index < -0.39 is 28.2 Å². The first-order chi connectivity index (χ1) is 18.1. The first-order valence-corrected chi connectivity index (χ1v) is 13.4. The van der Waals surface area contributed by atoms with E-state index in [0.717, 1.165) is 5.56 Å². The van der Waals surface area contributed by atoms with Gasteiger partial charge in [-0.25, -0.2) is 9.52 Å². The largest absolute Gasteiger partial charge is 0.497 e. The Morgan fingerprint density at radius 1 is 0.895 bits per heavy atom. The van der Waals surface area contributed by atoms with Crippen molar-refractivity contribution in [2.45, 2.75) is 32.4 Å². The number of rotatable bonds is 11. The summed E-state index contributed by atoms with van der Waals surface area (Å²) >= 11 is 0. The fraction of sp³-hybridized carbons (Fsp3) is 0.259. The second kappa shape index (κ2) is 12.8. The zero-order valence-electron chi connectivity index (χ0n) is 21.7. The van der Waals surface area contributed by atoms with E-state index in [1.165, 1.54) is 17.0 Å². The van der Waals surface area contributed by atoms with Crippen LogP contribution in [0.3, 0.4) is 0 Å². The Morgan fingerprint density at radius 2 is 1.50 bits per heavy atom. The predicted octanol–water partition coefficient (Wildman–Crippen LogP) is 3.71. The standard InChI is InChI=1S/C27H32N4O6S/c1-19(2)37-24-14-10-21(11-15-24)29-38(34,35)30-27(33)28-25(18-20-8-6-5-7-9-20)26(32)31(3)22-12-16-23(36-4)17-13-22/h5-17,19,25,29H,18H2,1-4H3,(H2,28,30,33). The maximum absolute atomic E-state index is 13.4.